The highest BCUT2D eigenvalue weighted by Gasteiger charge is 2.43. The van der Waals surface area contributed by atoms with Crippen LogP contribution < -0.4 is 4.74 Å². The summed E-state index contributed by atoms with van der Waals surface area (Å²) in [6.45, 7) is 2.03. The summed E-state index contributed by atoms with van der Waals surface area (Å²) in [6.07, 6.45) is -0.280. The summed E-state index contributed by atoms with van der Waals surface area (Å²) < 4.78 is 6.08. The van der Waals surface area contributed by atoms with Crippen LogP contribution in [0.4, 0.5) is 5.69 Å². The van der Waals surface area contributed by atoms with Crippen molar-refractivity contribution in [1.82, 2.24) is 5.01 Å². The van der Waals surface area contributed by atoms with Crippen LogP contribution in [0.3, 0.4) is 0 Å². The zero-order chi connectivity index (χ0) is 21.5. The summed E-state index contributed by atoms with van der Waals surface area (Å²) in [5, 5.41) is 17.4. The fourth-order valence-corrected chi connectivity index (χ4v) is 4.02. The second-order valence-electron chi connectivity index (χ2n) is 7.69. The number of Topliss-reactive ketones (excluding diaryl/α,β-unsaturated/α-hetero) is 1. The summed E-state index contributed by atoms with van der Waals surface area (Å²) >= 11 is 0. The van der Waals surface area contributed by atoms with E-state index in [1.54, 1.807) is 5.01 Å². The Morgan fingerprint density at radius 3 is 2.48 bits per heavy atom. The van der Waals surface area contributed by atoms with Crippen LogP contribution in [0.25, 0.3) is 0 Å². The molecule has 0 unspecified atom stereocenters. The van der Waals surface area contributed by atoms with Gasteiger partial charge in [-0.15, -0.1) is 0 Å². The predicted octanol–water partition coefficient (Wildman–Crippen LogP) is 4.66. The van der Waals surface area contributed by atoms with Gasteiger partial charge in [0.1, 0.15) is 5.75 Å². The Morgan fingerprint density at radius 2 is 1.77 bits per heavy atom. The molecule has 7 nitrogen and oxygen atoms in total. The fraction of sp³-hybridized carbons (Fsp3) is 0.167. The number of fused-ring (bicyclic) bond motifs is 3. The molecule has 0 radical (unpaired) electrons. The lowest BCUT2D eigenvalue weighted by Gasteiger charge is -2.37. The molecule has 5 rings (SSSR count). The van der Waals surface area contributed by atoms with Crippen molar-refractivity contribution in [2.24, 2.45) is 5.10 Å². The molecular weight excluding hydrogens is 394 g/mol. The summed E-state index contributed by atoms with van der Waals surface area (Å²) in [5.41, 5.74) is 4.34. The molecule has 0 spiro atoms. The van der Waals surface area contributed by atoms with E-state index in [9.17, 15) is 14.9 Å². The van der Waals surface area contributed by atoms with Crippen molar-refractivity contribution in [3.63, 3.8) is 0 Å². The van der Waals surface area contributed by atoms with Crippen molar-refractivity contribution < 1.29 is 14.5 Å². The zero-order valence-electron chi connectivity index (χ0n) is 16.8. The number of para-hydroxylation sites is 1. The second-order valence-corrected chi connectivity index (χ2v) is 7.69. The number of hydrogen-bond donors (Lipinski definition) is 0. The SMILES string of the molecule is Cc1ccc(C2=NN3[C@H](C(=O)c4ccc([N+](=O)[O-])cc4)Oc4ccccc4[C@@H]3C2)cc1. The monoisotopic (exact) mass is 413 g/mol. The van der Waals surface area contributed by atoms with Crippen LogP contribution in [-0.2, 0) is 0 Å². The molecule has 2 aliphatic heterocycles. The van der Waals surface area contributed by atoms with Gasteiger partial charge in [0.2, 0.25) is 5.78 Å². The van der Waals surface area contributed by atoms with Gasteiger partial charge in [-0.1, -0.05) is 48.0 Å². The molecule has 3 aromatic carbocycles. The van der Waals surface area contributed by atoms with Crippen molar-refractivity contribution in [3.05, 3.63) is 105 Å². The lowest BCUT2D eigenvalue weighted by Crippen LogP contribution is -2.45. The topological polar surface area (TPSA) is 85.0 Å². The number of ether oxygens (including phenoxy) is 1. The van der Waals surface area contributed by atoms with E-state index in [0.717, 1.165) is 16.8 Å². The van der Waals surface area contributed by atoms with Gasteiger partial charge < -0.3 is 4.74 Å². The summed E-state index contributed by atoms with van der Waals surface area (Å²) in [5.74, 6) is 0.368. The Hall–Kier alpha value is -4.00. The number of benzene rings is 3. The van der Waals surface area contributed by atoms with E-state index >= 15 is 0 Å². The Bertz CT molecular complexity index is 1200. The third kappa shape index (κ3) is 3.34. The third-order valence-electron chi connectivity index (χ3n) is 5.67. The molecule has 3 aromatic rings. The minimum atomic E-state index is -0.940. The number of nitrogens with zero attached hydrogens (tertiary/aromatic N) is 3. The Kier molecular flexibility index (Phi) is 4.51. The molecule has 0 saturated carbocycles. The highest BCUT2D eigenvalue weighted by atomic mass is 16.6. The first-order valence-electron chi connectivity index (χ1n) is 9.98. The van der Waals surface area contributed by atoms with Crippen LogP contribution in [0.2, 0.25) is 0 Å². The number of aryl methyl sites for hydroxylation is 1. The maximum absolute atomic E-state index is 13.3. The number of non-ortho nitro benzene ring substituents is 1. The highest BCUT2D eigenvalue weighted by Crippen LogP contribution is 2.43. The van der Waals surface area contributed by atoms with Crippen LogP contribution in [0, 0.1) is 17.0 Å². The molecule has 2 atom stereocenters. The van der Waals surface area contributed by atoms with Gasteiger partial charge in [-0.2, -0.15) is 5.10 Å². The smallest absolute Gasteiger partial charge is 0.269 e. The van der Waals surface area contributed by atoms with Crippen LogP contribution in [0.5, 0.6) is 5.75 Å². The molecule has 0 saturated heterocycles. The minimum Gasteiger partial charge on any atom is -0.461 e. The average Bonchev–Trinajstić information content (AvgIpc) is 3.24. The highest BCUT2D eigenvalue weighted by molar-refractivity contribution is 6.03. The summed E-state index contributed by atoms with van der Waals surface area (Å²) in [4.78, 5) is 23.8. The molecule has 0 bridgehead atoms. The lowest BCUT2D eigenvalue weighted by molar-refractivity contribution is -0.384. The predicted molar refractivity (Wildman–Crippen MR) is 115 cm³/mol. The minimum absolute atomic E-state index is 0.0646. The number of carbonyl (C=O) groups is 1. The van der Waals surface area contributed by atoms with E-state index in [4.69, 9.17) is 9.84 Å². The number of carbonyl (C=O) groups excluding carboxylic acids is 1. The number of nitro benzene ring substituents is 1. The number of rotatable bonds is 4. The maximum atomic E-state index is 13.3. The molecule has 154 valence electrons. The van der Waals surface area contributed by atoms with Gasteiger partial charge in [0.15, 0.2) is 0 Å². The van der Waals surface area contributed by atoms with E-state index in [0.29, 0.717) is 17.7 Å². The Labute approximate surface area is 178 Å². The molecule has 0 aromatic heterocycles. The first kappa shape index (κ1) is 19.0. The van der Waals surface area contributed by atoms with Crippen LogP contribution in [-0.4, -0.2) is 27.7 Å². The number of hydrazone groups is 1. The lowest BCUT2D eigenvalue weighted by atomic mass is 9.95. The van der Waals surface area contributed by atoms with Crippen molar-refractivity contribution >= 4 is 17.2 Å². The molecule has 0 amide bonds. The molecule has 2 aliphatic rings. The van der Waals surface area contributed by atoms with Gasteiger partial charge in [0.05, 0.1) is 16.7 Å². The van der Waals surface area contributed by atoms with Crippen molar-refractivity contribution in [1.29, 1.82) is 0 Å². The second kappa shape index (κ2) is 7.36. The van der Waals surface area contributed by atoms with Gasteiger partial charge in [-0.3, -0.25) is 14.9 Å². The zero-order valence-corrected chi connectivity index (χ0v) is 16.8. The number of nitro groups is 1. The summed E-state index contributed by atoms with van der Waals surface area (Å²) in [6, 6.07) is 21.3. The average molecular weight is 413 g/mol. The molecule has 31 heavy (non-hydrogen) atoms. The molecule has 7 heteroatoms. The van der Waals surface area contributed by atoms with E-state index < -0.39 is 11.2 Å². The van der Waals surface area contributed by atoms with Crippen LogP contribution in [0.1, 0.15) is 39.5 Å². The fourth-order valence-electron chi connectivity index (χ4n) is 4.02. The maximum Gasteiger partial charge on any atom is 0.269 e. The first-order chi connectivity index (χ1) is 15.0. The standard InChI is InChI=1S/C24H19N3O4/c1-15-6-8-16(9-7-15)20-14-21-19-4-2-3-5-22(19)31-24(26(21)25-20)23(28)17-10-12-18(13-11-17)27(29)30/h2-13,21,24H,14H2,1H3/t21-,24-/m0/s1. The molecule has 2 heterocycles. The van der Waals surface area contributed by atoms with Crippen molar-refractivity contribution in [2.45, 2.75) is 25.6 Å². The van der Waals surface area contributed by atoms with Crippen molar-refractivity contribution in [3.8, 4) is 5.75 Å². The third-order valence-corrected chi connectivity index (χ3v) is 5.67. The Balaban J connectivity index is 1.52. The molecule has 0 N–H and O–H groups in total. The molecule has 0 aliphatic carbocycles. The van der Waals surface area contributed by atoms with Gasteiger partial charge >= 0.3 is 0 Å². The van der Waals surface area contributed by atoms with Gasteiger partial charge in [0, 0.05) is 29.7 Å². The number of ketones is 1. The van der Waals surface area contributed by atoms with Crippen LogP contribution >= 0.6 is 0 Å². The van der Waals surface area contributed by atoms with E-state index in [1.807, 2.05) is 55.5 Å². The first-order valence-corrected chi connectivity index (χ1v) is 9.98. The van der Waals surface area contributed by atoms with E-state index in [2.05, 4.69) is 0 Å². The van der Waals surface area contributed by atoms with E-state index in [-0.39, 0.29) is 17.5 Å². The molecule has 0 fully saturated rings. The summed E-state index contributed by atoms with van der Waals surface area (Å²) in [7, 11) is 0. The Morgan fingerprint density at radius 1 is 1.06 bits per heavy atom. The van der Waals surface area contributed by atoms with Gasteiger partial charge in [-0.25, -0.2) is 5.01 Å². The van der Waals surface area contributed by atoms with Gasteiger partial charge in [-0.05, 0) is 30.7 Å². The van der Waals surface area contributed by atoms with E-state index in [1.165, 1.54) is 29.8 Å². The van der Waals surface area contributed by atoms with Gasteiger partial charge in [0.25, 0.3) is 11.9 Å². The van der Waals surface area contributed by atoms with Crippen molar-refractivity contribution in [2.75, 3.05) is 0 Å². The largest absolute Gasteiger partial charge is 0.461 e. The molecular formula is C24H19N3O4. The normalized spacial score (nSPS) is 19.1. The quantitative estimate of drug-likeness (QED) is 0.353. The number of hydrogen-bond acceptors (Lipinski definition) is 6. The van der Waals surface area contributed by atoms with Crippen LogP contribution in [0.15, 0.2) is 77.9 Å².